The van der Waals surface area contributed by atoms with Gasteiger partial charge in [-0.25, -0.2) is 4.79 Å². The standard InChI is InChI=1S/C11H16N2O2S/c1-8-6-10(12-4-3-5-16-2)9(7-13-8)11(14)15/h6-7H,3-5H2,1-2H3,(H,12,13)(H,14,15). The van der Waals surface area contributed by atoms with Gasteiger partial charge in [-0.15, -0.1) is 0 Å². The van der Waals surface area contributed by atoms with Crippen molar-refractivity contribution in [1.29, 1.82) is 0 Å². The van der Waals surface area contributed by atoms with Gasteiger partial charge in [-0.3, -0.25) is 4.98 Å². The van der Waals surface area contributed by atoms with Gasteiger partial charge in [0.25, 0.3) is 0 Å². The molecule has 0 atom stereocenters. The summed E-state index contributed by atoms with van der Waals surface area (Å²) >= 11 is 1.78. The van der Waals surface area contributed by atoms with Crippen molar-refractivity contribution in [2.24, 2.45) is 0 Å². The van der Waals surface area contributed by atoms with E-state index in [4.69, 9.17) is 5.11 Å². The number of carboxylic acids is 1. The summed E-state index contributed by atoms with van der Waals surface area (Å²) in [5, 5.41) is 12.1. The van der Waals surface area contributed by atoms with E-state index >= 15 is 0 Å². The molecule has 1 rings (SSSR count). The van der Waals surface area contributed by atoms with Gasteiger partial charge in [0.15, 0.2) is 0 Å². The summed E-state index contributed by atoms with van der Waals surface area (Å²) in [7, 11) is 0. The normalized spacial score (nSPS) is 10.1. The second-order valence-corrected chi connectivity index (χ2v) is 4.44. The van der Waals surface area contributed by atoms with E-state index in [0.29, 0.717) is 5.69 Å². The van der Waals surface area contributed by atoms with Crippen LogP contribution in [0.2, 0.25) is 0 Å². The first-order chi connectivity index (χ1) is 7.65. The van der Waals surface area contributed by atoms with Crippen LogP contribution < -0.4 is 5.32 Å². The summed E-state index contributed by atoms with van der Waals surface area (Å²) in [6.07, 6.45) is 4.47. The maximum absolute atomic E-state index is 10.9. The molecule has 0 aromatic carbocycles. The lowest BCUT2D eigenvalue weighted by atomic mass is 10.2. The van der Waals surface area contributed by atoms with Gasteiger partial charge < -0.3 is 10.4 Å². The first-order valence-corrected chi connectivity index (χ1v) is 6.47. The minimum absolute atomic E-state index is 0.231. The topological polar surface area (TPSA) is 62.2 Å². The Morgan fingerprint density at radius 1 is 1.62 bits per heavy atom. The second kappa shape index (κ2) is 6.37. The fraction of sp³-hybridized carbons (Fsp3) is 0.455. The Hall–Kier alpha value is -1.23. The number of aryl methyl sites for hydroxylation is 1. The van der Waals surface area contributed by atoms with Crippen molar-refractivity contribution in [2.45, 2.75) is 13.3 Å². The Kier molecular flexibility index (Phi) is 5.11. The Balaban J connectivity index is 2.68. The zero-order chi connectivity index (χ0) is 12.0. The molecule has 0 aliphatic rings. The third kappa shape index (κ3) is 3.73. The molecule has 4 nitrogen and oxygen atoms in total. The Labute approximate surface area is 99.5 Å². The number of carboxylic acid groups (broad SMARTS) is 1. The van der Waals surface area contributed by atoms with Crippen LogP contribution in [0.3, 0.4) is 0 Å². The average Bonchev–Trinajstić information content (AvgIpc) is 2.24. The second-order valence-electron chi connectivity index (χ2n) is 3.45. The summed E-state index contributed by atoms with van der Waals surface area (Å²) in [4.78, 5) is 14.9. The molecule has 0 radical (unpaired) electrons. The summed E-state index contributed by atoms with van der Waals surface area (Å²) < 4.78 is 0. The lowest BCUT2D eigenvalue weighted by Gasteiger charge is -2.09. The lowest BCUT2D eigenvalue weighted by molar-refractivity contribution is 0.0697. The van der Waals surface area contributed by atoms with E-state index in [9.17, 15) is 4.79 Å². The molecule has 1 aromatic heterocycles. The minimum atomic E-state index is -0.945. The molecule has 0 aliphatic heterocycles. The van der Waals surface area contributed by atoms with E-state index < -0.39 is 5.97 Å². The molecule has 0 unspecified atom stereocenters. The summed E-state index contributed by atoms with van der Waals surface area (Å²) in [6.45, 7) is 2.63. The summed E-state index contributed by atoms with van der Waals surface area (Å²) in [5.41, 5.74) is 1.70. The number of aromatic carboxylic acids is 1. The number of nitrogens with zero attached hydrogens (tertiary/aromatic N) is 1. The van der Waals surface area contributed by atoms with Crippen LogP contribution in [-0.4, -0.2) is 34.6 Å². The zero-order valence-electron chi connectivity index (χ0n) is 9.49. The van der Waals surface area contributed by atoms with E-state index in [1.165, 1.54) is 6.20 Å². The third-order valence-corrected chi connectivity index (χ3v) is 2.81. The van der Waals surface area contributed by atoms with Gasteiger partial charge >= 0.3 is 5.97 Å². The highest BCUT2D eigenvalue weighted by Gasteiger charge is 2.10. The van der Waals surface area contributed by atoms with Gasteiger partial charge in [0.1, 0.15) is 5.56 Å². The Morgan fingerprint density at radius 3 is 3.00 bits per heavy atom. The Bertz CT molecular complexity index is 369. The van der Waals surface area contributed by atoms with E-state index in [1.807, 2.05) is 6.92 Å². The number of thioether (sulfide) groups is 1. The van der Waals surface area contributed by atoms with Crippen LogP contribution in [0.1, 0.15) is 22.5 Å². The first kappa shape index (κ1) is 12.8. The van der Waals surface area contributed by atoms with E-state index in [2.05, 4.69) is 16.6 Å². The molecule has 88 valence electrons. The molecule has 0 aliphatic carbocycles. The molecule has 0 amide bonds. The van der Waals surface area contributed by atoms with Crippen LogP contribution in [0, 0.1) is 6.92 Å². The molecule has 0 fully saturated rings. The molecule has 0 bridgehead atoms. The van der Waals surface area contributed by atoms with Crippen molar-refractivity contribution in [3.8, 4) is 0 Å². The highest BCUT2D eigenvalue weighted by Crippen LogP contribution is 2.15. The number of nitrogens with one attached hydrogen (secondary N) is 1. The molecule has 0 saturated carbocycles. The number of hydrogen-bond donors (Lipinski definition) is 2. The van der Waals surface area contributed by atoms with Crippen LogP contribution in [0.15, 0.2) is 12.3 Å². The van der Waals surface area contributed by atoms with Gasteiger partial charge in [0.05, 0.1) is 5.69 Å². The van der Waals surface area contributed by atoms with Crippen molar-refractivity contribution in [3.63, 3.8) is 0 Å². The van der Waals surface area contributed by atoms with E-state index in [1.54, 1.807) is 17.8 Å². The van der Waals surface area contributed by atoms with Gasteiger partial charge in [-0.2, -0.15) is 11.8 Å². The molecule has 0 saturated heterocycles. The molecule has 5 heteroatoms. The number of anilines is 1. The lowest BCUT2D eigenvalue weighted by Crippen LogP contribution is -2.09. The average molecular weight is 240 g/mol. The van der Waals surface area contributed by atoms with Crippen LogP contribution in [0.4, 0.5) is 5.69 Å². The van der Waals surface area contributed by atoms with Crippen molar-refractivity contribution < 1.29 is 9.90 Å². The van der Waals surface area contributed by atoms with Crippen molar-refractivity contribution in [1.82, 2.24) is 4.98 Å². The SMILES string of the molecule is CSCCCNc1cc(C)ncc1C(=O)O. The number of rotatable bonds is 6. The van der Waals surface area contributed by atoms with Crippen molar-refractivity contribution in [3.05, 3.63) is 23.5 Å². The van der Waals surface area contributed by atoms with E-state index in [-0.39, 0.29) is 5.56 Å². The quantitative estimate of drug-likeness (QED) is 0.747. The zero-order valence-corrected chi connectivity index (χ0v) is 10.3. The predicted molar refractivity (Wildman–Crippen MR) is 67.4 cm³/mol. The first-order valence-electron chi connectivity index (χ1n) is 5.08. The fourth-order valence-corrected chi connectivity index (χ4v) is 1.75. The molecule has 16 heavy (non-hydrogen) atoms. The highest BCUT2D eigenvalue weighted by atomic mass is 32.2. The maximum atomic E-state index is 10.9. The van der Waals surface area contributed by atoms with Crippen LogP contribution >= 0.6 is 11.8 Å². The van der Waals surface area contributed by atoms with Crippen molar-refractivity contribution >= 4 is 23.4 Å². The number of hydrogen-bond acceptors (Lipinski definition) is 4. The minimum Gasteiger partial charge on any atom is -0.478 e. The van der Waals surface area contributed by atoms with Crippen molar-refractivity contribution in [2.75, 3.05) is 23.9 Å². The highest BCUT2D eigenvalue weighted by molar-refractivity contribution is 7.98. The largest absolute Gasteiger partial charge is 0.478 e. The van der Waals surface area contributed by atoms with Crippen LogP contribution in [0.5, 0.6) is 0 Å². The monoisotopic (exact) mass is 240 g/mol. The van der Waals surface area contributed by atoms with Gasteiger partial charge in [-0.05, 0) is 31.4 Å². The third-order valence-electron chi connectivity index (χ3n) is 2.11. The number of aromatic nitrogens is 1. The maximum Gasteiger partial charge on any atom is 0.339 e. The van der Waals surface area contributed by atoms with Crippen LogP contribution in [0.25, 0.3) is 0 Å². The Morgan fingerprint density at radius 2 is 2.38 bits per heavy atom. The number of carbonyl (C=O) groups is 1. The molecule has 1 heterocycles. The molecule has 0 spiro atoms. The molecular formula is C11H16N2O2S. The smallest absolute Gasteiger partial charge is 0.339 e. The molecule has 2 N–H and O–H groups in total. The predicted octanol–water partition coefficient (Wildman–Crippen LogP) is 2.25. The summed E-state index contributed by atoms with van der Waals surface area (Å²) in [5.74, 6) is 0.124. The molecule has 1 aromatic rings. The fourth-order valence-electron chi connectivity index (χ4n) is 1.32. The van der Waals surface area contributed by atoms with Gasteiger partial charge in [0, 0.05) is 18.4 Å². The van der Waals surface area contributed by atoms with Gasteiger partial charge in [-0.1, -0.05) is 0 Å². The van der Waals surface area contributed by atoms with Gasteiger partial charge in [0.2, 0.25) is 0 Å². The van der Waals surface area contributed by atoms with E-state index in [0.717, 1.165) is 24.4 Å². The number of pyridine rings is 1. The summed E-state index contributed by atoms with van der Waals surface area (Å²) in [6, 6.07) is 1.77. The molecular weight excluding hydrogens is 224 g/mol. The van der Waals surface area contributed by atoms with Crippen LogP contribution in [-0.2, 0) is 0 Å².